The molecule has 2 atom stereocenters. The van der Waals surface area contributed by atoms with Crippen LogP contribution in [-0.2, 0) is 50.0 Å². The molecule has 0 aliphatic heterocycles. The molecular weight excluding hydrogens is 1330 g/mol. The van der Waals surface area contributed by atoms with Crippen LogP contribution in [0, 0.1) is 34.0 Å². The Morgan fingerprint density at radius 3 is 1.21 bits per heavy atom. The second-order valence-corrected chi connectivity index (χ2v) is 21.3. The maximum atomic E-state index is 12.9. The van der Waals surface area contributed by atoms with Crippen molar-refractivity contribution >= 4 is 113 Å². The highest BCUT2D eigenvalue weighted by atomic mass is 35.5. The first-order chi connectivity index (χ1) is 36.2. The number of sulfone groups is 1. The normalized spacial score (nSPS) is 13.2. The van der Waals surface area contributed by atoms with Crippen molar-refractivity contribution in [3.63, 3.8) is 0 Å². The van der Waals surface area contributed by atoms with Crippen molar-refractivity contribution in [2.45, 2.75) is 49.7 Å². The molecular formula is C37H13Cl6F18N11O5S3. The highest BCUT2D eigenvalue weighted by molar-refractivity contribution is 7.92. The third-order valence-electron chi connectivity index (χ3n) is 9.17. The number of nitrogens with two attached hydrogens (primary N) is 1. The van der Waals surface area contributed by atoms with Gasteiger partial charge < -0.3 is 11.1 Å². The van der Waals surface area contributed by atoms with Crippen LogP contribution in [0.25, 0.3) is 17.1 Å². The molecule has 0 aliphatic rings. The zero-order valence-corrected chi connectivity index (χ0v) is 43.9. The van der Waals surface area contributed by atoms with E-state index in [-0.39, 0.29) is 4.68 Å². The van der Waals surface area contributed by atoms with Crippen molar-refractivity contribution < 1.29 is 95.9 Å². The summed E-state index contributed by atoms with van der Waals surface area (Å²) in [6.45, 7) is 0. The summed E-state index contributed by atoms with van der Waals surface area (Å²) in [5.74, 6) is -1.47. The van der Waals surface area contributed by atoms with Gasteiger partial charge in [0.15, 0.2) is 43.6 Å². The Morgan fingerprint density at radius 1 is 0.575 bits per heavy atom. The SMILES string of the molecule is CNc1c(S(=O)C(F)(F)F)c(C#N)nn1-c1c(Cl)cc(C(F)(F)F)cc1Cl.N#Cc1[nH]n(-c2c(Cl)cc(C(F)(F)F)cc2Cl)c(=O)c1S(=O)(=O)C(F)(F)F.N#Cc1nn(-c2c(Cl)cc(C(F)(F)F)cc2Cl)c(N)c1S(=O)C(F)(F)F. The summed E-state index contributed by atoms with van der Waals surface area (Å²) in [4.78, 5) is 8.10. The van der Waals surface area contributed by atoms with Gasteiger partial charge in [-0.15, -0.1) is 0 Å². The third kappa shape index (κ3) is 13.6. The Labute approximate surface area is 465 Å². The molecule has 432 valence electrons. The molecule has 4 N–H and O–H groups in total. The van der Waals surface area contributed by atoms with Crippen LogP contribution in [0.2, 0.25) is 30.1 Å². The molecule has 0 spiro atoms. The molecule has 3 aromatic heterocycles. The van der Waals surface area contributed by atoms with E-state index in [0.717, 1.165) is 13.1 Å². The molecule has 0 bridgehead atoms. The number of anilines is 2. The van der Waals surface area contributed by atoms with Crippen molar-refractivity contribution in [3.05, 3.63) is 111 Å². The number of H-pyrrole nitrogens is 1. The van der Waals surface area contributed by atoms with Crippen molar-refractivity contribution in [3.8, 4) is 35.3 Å². The fourth-order valence-corrected chi connectivity index (χ4v) is 10.4. The smallest absolute Gasteiger partial charge is 0.383 e. The second-order valence-electron chi connectivity index (χ2n) is 14.2. The van der Waals surface area contributed by atoms with E-state index >= 15 is 0 Å². The topological polar surface area (TPSA) is 251 Å². The summed E-state index contributed by atoms with van der Waals surface area (Å²) in [6.07, 6.45) is -14.4. The maximum Gasteiger partial charge on any atom is 0.502 e. The lowest BCUT2D eigenvalue weighted by Gasteiger charge is -2.14. The minimum Gasteiger partial charge on any atom is -0.383 e. The van der Waals surface area contributed by atoms with Crippen molar-refractivity contribution in [2.75, 3.05) is 18.1 Å². The van der Waals surface area contributed by atoms with Crippen LogP contribution in [0.15, 0.2) is 55.9 Å². The fourth-order valence-electron chi connectivity index (χ4n) is 5.93. The number of halogens is 24. The van der Waals surface area contributed by atoms with E-state index in [1.54, 1.807) is 5.10 Å². The number of hydrogen-bond donors (Lipinski definition) is 3. The summed E-state index contributed by atoms with van der Waals surface area (Å²) in [5, 5.41) is 33.7. The van der Waals surface area contributed by atoms with Gasteiger partial charge in [0.05, 0.1) is 46.8 Å². The highest BCUT2D eigenvalue weighted by Gasteiger charge is 2.51. The molecule has 0 saturated carbocycles. The van der Waals surface area contributed by atoms with Gasteiger partial charge in [-0.1, -0.05) is 69.6 Å². The third-order valence-corrected chi connectivity index (χ3v) is 14.8. The number of nitriles is 3. The van der Waals surface area contributed by atoms with E-state index in [1.807, 2.05) is 0 Å². The van der Waals surface area contributed by atoms with Crippen LogP contribution < -0.4 is 16.6 Å². The fraction of sp³-hybridized carbons (Fsp3) is 0.189. The summed E-state index contributed by atoms with van der Waals surface area (Å²) in [7, 11) is -12.5. The summed E-state index contributed by atoms with van der Waals surface area (Å²) in [5.41, 5.74) is -21.3. The molecule has 0 saturated heterocycles. The number of rotatable bonds is 7. The second kappa shape index (κ2) is 23.4. The number of aromatic amines is 1. The molecule has 16 nitrogen and oxygen atoms in total. The zero-order chi connectivity index (χ0) is 61.7. The van der Waals surface area contributed by atoms with E-state index in [1.165, 1.54) is 12.1 Å². The predicted octanol–water partition coefficient (Wildman–Crippen LogP) is 12.7. The number of nitrogens with one attached hydrogen (secondary N) is 2. The van der Waals surface area contributed by atoms with Gasteiger partial charge in [0, 0.05) is 7.05 Å². The van der Waals surface area contributed by atoms with Gasteiger partial charge >= 0.3 is 35.1 Å². The number of alkyl halides is 18. The number of hydrogen-bond acceptors (Lipinski definition) is 12. The monoisotopic (exact) mass is 1340 g/mol. The van der Waals surface area contributed by atoms with E-state index in [0.29, 0.717) is 45.8 Å². The van der Waals surface area contributed by atoms with Crippen LogP contribution in [0.3, 0.4) is 0 Å². The summed E-state index contributed by atoms with van der Waals surface area (Å²) >= 11 is 34.4. The van der Waals surface area contributed by atoms with Crippen molar-refractivity contribution in [1.29, 1.82) is 15.8 Å². The molecule has 0 amide bonds. The molecule has 6 aromatic rings. The van der Waals surface area contributed by atoms with E-state index in [4.69, 9.17) is 91.1 Å². The first-order valence-electron chi connectivity index (χ1n) is 19.0. The molecule has 3 aromatic carbocycles. The molecule has 3 heterocycles. The van der Waals surface area contributed by atoms with Crippen molar-refractivity contribution in [1.82, 2.24) is 29.3 Å². The van der Waals surface area contributed by atoms with E-state index in [9.17, 15) is 101 Å². The van der Waals surface area contributed by atoms with Gasteiger partial charge in [-0.2, -0.15) is 105 Å². The maximum absolute atomic E-state index is 12.9. The largest absolute Gasteiger partial charge is 0.502 e. The Bertz CT molecular complexity index is 3740. The quantitative estimate of drug-likeness (QED) is 0.126. The minimum atomic E-state index is -6.25. The molecule has 2 unspecified atom stereocenters. The summed E-state index contributed by atoms with van der Waals surface area (Å²) in [6, 6.07) is 6.24. The Morgan fingerprint density at radius 2 is 0.900 bits per heavy atom. The van der Waals surface area contributed by atoms with Gasteiger partial charge in [-0.25, -0.2) is 30.9 Å². The molecule has 80 heavy (non-hydrogen) atoms. The van der Waals surface area contributed by atoms with Crippen LogP contribution in [0.4, 0.5) is 90.7 Å². The zero-order valence-electron chi connectivity index (χ0n) is 37.0. The standard InChI is InChI=1S/C13H6Cl2F6N4OS.C12H4Cl2F6N4OS.C12H3Cl2F6N3O3S/c1-23-11-10(27(26)13(19,20)21)8(4-22)24-25(11)9-6(14)2-5(3-7(9)15)12(16,17)18;13-5-1-4(11(15,16)17)2-6(14)8(5)24-10(22)9(7(3-21)23-24)26(25)12(18,19)20;13-5-1-4(11(15,16)17)2-6(14)8(5)23-10(24)9(7(3-21)22-23)27(25,26)12(18,19)20/h2-3,23H,1H3;1-2H,22H2;1-2,22H. The Balaban J connectivity index is 0.000000258. The van der Waals surface area contributed by atoms with Crippen molar-refractivity contribution in [2.24, 2.45) is 0 Å². The molecule has 0 radical (unpaired) electrons. The minimum absolute atomic E-state index is 0.0436. The number of nitrogen functional groups attached to an aromatic ring is 1. The van der Waals surface area contributed by atoms with E-state index < -0.39 is 179 Å². The van der Waals surface area contributed by atoms with Gasteiger partial charge in [-0.05, 0) is 36.4 Å². The summed E-state index contributed by atoms with van der Waals surface area (Å²) < 4.78 is 277. The lowest BCUT2D eigenvalue weighted by Crippen LogP contribution is -2.29. The van der Waals surface area contributed by atoms with Crippen LogP contribution in [-0.4, -0.2) is 69.7 Å². The van der Waals surface area contributed by atoms with Gasteiger partial charge in [0.25, 0.3) is 15.4 Å². The predicted molar refractivity (Wildman–Crippen MR) is 245 cm³/mol. The molecule has 6 rings (SSSR count). The average molecular weight is 1340 g/mol. The Kier molecular flexibility index (Phi) is 19.4. The molecule has 43 heteroatoms. The molecule has 0 aliphatic carbocycles. The Hall–Kier alpha value is -6.11. The van der Waals surface area contributed by atoms with E-state index in [2.05, 4.69) is 15.5 Å². The lowest BCUT2D eigenvalue weighted by atomic mass is 10.2. The number of benzene rings is 3. The first-order valence-corrected chi connectivity index (χ1v) is 25.0. The van der Waals surface area contributed by atoms with Gasteiger partial charge in [0.1, 0.15) is 56.7 Å². The van der Waals surface area contributed by atoms with Crippen LogP contribution in [0.1, 0.15) is 33.8 Å². The lowest BCUT2D eigenvalue weighted by molar-refractivity contribution is -0.138. The average Bonchev–Trinajstić information content (AvgIpc) is 3.95. The van der Waals surface area contributed by atoms with Gasteiger partial charge in [0.2, 0.25) is 0 Å². The van der Waals surface area contributed by atoms with Crippen LogP contribution >= 0.6 is 69.6 Å². The first kappa shape index (κ1) is 66.4. The highest BCUT2D eigenvalue weighted by Crippen LogP contribution is 2.44. The van der Waals surface area contributed by atoms with Gasteiger partial charge in [-0.3, -0.25) is 9.89 Å². The van der Waals surface area contributed by atoms with Crippen LogP contribution in [0.5, 0.6) is 0 Å². The molecule has 0 fully saturated rings. The number of nitrogens with zero attached hydrogens (tertiary/aromatic N) is 8. The number of aromatic nitrogens is 6.